The summed E-state index contributed by atoms with van der Waals surface area (Å²) in [4.78, 5) is 0. The fraction of sp³-hybridized carbons (Fsp3) is 0.733. The van der Waals surface area contributed by atoms with Crippen molar-refractivity contribution < 1.29 is 4.74 Å². The smallest absolute Gasteiger partial charge is 0.0870 e. The van der Waals surface area contributed by atoms with Gasteiger partial charge in [-0.05, 0) is 49.7 Å². The van der Waals surface area contributed by atoms with Gasteiger partial charge in [0.15, 0.2) is 0 Å². The second-order valence-corrected chi connectivity index (χ2v) is 5.02. The van der Waals surface area contributed by atoms with Gasteiger partial charge in [0.05, 0.1) is 12.9 Å². The Morgan fingerprint density at radius 2 is 1.75 bits per heavy atom. The lowest BCUT2D eigenvalue weighted by molar-refractivity contribution is 0.247. The Morgan fingerprint density at radius 1 is 1.12 bits per heavy atom. The van der Waals surface area contributed by atoms with Crippen LogP contribution >= 0.6 is 0 Å². The van der Waals surface area contributed by atoms with Gasteiger partial charge in [0, 0.05) is 0 Å². The number of hydrogen-bond acceptors (Lipinski definition) is 1. The van der Waals surface area contributed by atoms with Crippen LogP contribution in [-0.4, -0.2) is 6.61 Å². The predicted molar refractivity (Wildman–Crippen MR) is 72.4 cm³/mol. The number of allylic oxidation sites excluding steroid dienone is 3. The van der Waals surface area contributed by atoms with Crippen LogP contribution in [-0.2, 0) is 4.74 Å². The molecule has 1 heteroatoms. The van der Waals surface area contributed by atoms with Crippen LogP contribution in [0.5, 0.6) is 0 Å². The van der Waals surface area contributed by atoms with Gasteiger partial charge in [-0.25, -0.2) is 0 Å². The number of hydrogen-bond donors (Lipinski definition) is 0. The van der Waals surface area contributed by atoms with E-state index < -0.39 is 0 Å². The van der Waals surface area contributed by atoms with Gasteiger partial charge in [-0.3, -0.25) is 0 Å². The van der Waals surface area contributed by atoms with Gasteiger partial charge in [-0.1, -0.05) is 33.8 Å². The quantitative estimate of drug-likeness (QED) is 0.338. The van der Waals surface area contributed by atoms with Crippen molar-refractivity contribution in [2.45, 2.75) is 54.4 Å². The Bertz CT molecular complexity index is 236. The molecule has 0 amide bonds. The first-order valence-corrected chi connectivity index (χ1v) is 6.44. The van der Waals surface area contributed by atoms with Gasteiger partial charge in [-0.15, -0.1) is 0 Å². The van der Waals surface area contributed by atoms with Crippen LogP contribution in [0.25, 0.3) is 0 Å². The fourth-order valence-corrected chi connectivity index (χ4v) is 1.19. The molecule has 0 bridgehead atoms. The van der Waals surface area contributed by atoms with E-state index in [1.54, 1.807) is 0 Å². The van der Waals surface area contributed by atoms with E-state index in [0.717, 1.165) is 31.3 Å². The molecule has 0 heterocycles. The van der Waals surface area contributed by atoms with Crippen LogP contribution < -0.4 is 0 Å². The van der Waals surface area contributed by atoms with Crippen molar-refractivity contribution in [2.24, 2.45) is 11.8 Å². The Hall–Kier alpha value is -0.720. The molecule has 0 saturated heterocycles. The lowest BCUT2D eigenvalue weighted by atomic mass is 9.93. The third kappa shape index (κ3) is 6.71. The first kappa shape index (κ1) is 15.3. The van der Waals surface area contributed by atoms with Gasteiger partial charge >= 0.3 is 0 Å². The van der Waals surface area contributed by atoms with Crippen molar-refractivity contribution in [1.29, 1.82) is 0 Å². The van der Waals surface area contributed by atoms with E-state index in [0.29, 0.717) is 0 Å². The van der Waals surface area contributed by atoms with E-state index in [-0.39, 0.29) is 0 Å². The van der Waals surface area contributed by atoms with Crippen LogP contribution in [0.3, 0.4) is 0 Å². The lowest BCUT2D eigenvalue weighted by Gasteiger charge is -2.13. The van der Waals surface area contributed by atoms with E-state index in [9.17, 15) is 0 Å². The largest absolute Gasteiger partial charge is 0.501 e. The third-order valence-corrected chi connectivity index (χ3v) is 3.14. The minimum atomic E-state index is 0.749. The van der Waals surface area contributed by atoms with Gasteiger partial charge in [-0.2, -0.15) is 0 Å². The van der Waals surface area contributed by atoms with Crippen LogP contribution in [0.4, 0.5) is 0 Å². The molecule has 1 atom stereocenters. The van der Waals surface area contributed by atoms with Crippen molar-refractivity contribution in [2.75, 3.05) is 6.61 Å². The molecule has 0 saturated carbocycles. The van der Waals surface area contributed by atoms with Crippen molar-refractivity contribution >= 4 is 0 Å². The molecular formula is C15H28O. The highest BCUT2D eigenvalue weighted by Gasteiger charge is 2.05. The van der Waals surface area contributed by atoms with E-state index in [1.807, 2.05) is 6.26 Å². The average Bonchev–Trinajstić information content (AvgIpc) is 2.25. The van der Waals surface area contributed by atoms with Crippen LogP contribution in [0.1, 0.15) is 54.4 Å². The topological polar surface area (TPSA) is 9.23 Å². The van der Waals surface area contributed by atoms with Gasteiger partial charge in [0.1, 0.15) is 0 Å². The predicted octanol–water partition coefficient (Wildman–Crippen LogP) is 4.95. The molecule has 0 aliphatic rings. The Morgan fingerprint density at radius 3 is 2.25 bits per heavy atom. The molecule has 0 aliphatic carbocycles. The third-order valence-electron chi connectivity index (χ3n) is 3.14. The molecule has 0 fully saturated rings. The highest BCUT2D eigenvalue weighted by Crippen LogP contribution is 2.17. The molecule has 16 heavy (non-hydrogen) atoms. The summed E-state index contributed by atoms with van der Waals surface area (Å²) in [6, 6.07) is 0. The van der Waals surface area contributed by atoms with Crippen LogP contribution in [0.15, 0.2) is 23.5 Å². The molecule has 0 aromatic rings. The minimum Gasteiger partial charge on any atom is -0.501 e. The van der Waals surface area contributed by atoms with E-state index >= 15 is 0 Å². The second kappa shape index (κ2) is 8.43. The summed E-state index contributed by atoms with van der Waals surface area (Å²) in [5, 5.41) is 0. The molecule has 0 aliphatic heterocycles. The SMILES string of the molecule is CCCOC=C(C)C(C)=CCC(C)C(C)C. The maximum absolute atomic E-state index is 5.42. The molecule has 0 aromatic carbocycles. The molecule has 0 spiro atoms. The Kier molecular flexibility index (Phi) is 8.05. The van der Waals surface area contributed by atoms with Gasteiger partial charge in [0.25, 0.3) is 0 Å². The fourth-order valence-electron chi connectivity index (χ4n) is 1.19. The first-order chi connectivity index (χ1) is 7.49. The first-order valence-electron chi connectivity index (χ1n) is 6.44. The maximum Gasteiger partial charge on any atom is 0.0870 e. The summed E-state index contributed by atoms with van der Waals surface area (Å²) in [5.74, 6) is 1.50. The zero-order valence-corrected chi connectivity index (χ0v) is 11.8. The highest BCUT2D eigenvalue weighted by molar-refractivity contribution is 5.25. The second-order valence-electron chi connectivity index (χ2n) is 5.02. The molecule has 1 nitrogen and oxygen atoms in total. The average molecular weight is 224 g/mol. The molecular weight excluding hydrogens is 196 g/mol. The highest BCUT2D eigenvalue weighted by atomic mass is 16.5. The van der Waals surface area contributed by atoms with Gasteiger partial charge in [0.2, 0.25) is 0 Å². The van der Waals surface area contributed by atoms with Crippen molar-refractivity contribution in [3.05, 3.63) is 23.5 Å². The Balaban J connectivity index is 4.15. The normalized spacial score (nSPS) is 15.4. The summed E-state index contributed by atoms with van der Waals surface area (Å²) >= 11 is 0. The Labute approximate surface area is 102 Å². The summed E-state index contributed by atoms with van der Waals surface area (Å²) in [7, 11) is 0. The lowest BCUT2D eigenvalue weighted by Crippen LogP contribution is -2.02. The molecule has 0 rings (SSSR count). The standard InChI is InChI=1S/C15H28O/c1-7-10-16-11-15(6)14(5)9-8-13(4)12(2)3/h9,11-13H,7-8,10H2,1-6H3. The van der Waals surface area contributed by atoms with E-state index in [2.05, 4.69) is 47.6 Å². The monoisotopic (exact) mass is 224 g/mol. The zero-order chi connectivity index (χ0) is 12.6. The number of rotatable bonds is 7. The molecule has 0 N–H and O–H groups in total. The van der Waals surface area contributed by atoms with Crippen LogP contribution in [0.2, 0.25) is 0 Å². The zero-order valence-electron chi connectivity index (χ0n) is 11.8. The van der Waals surface area contributed by atoms with Gasteiger partial charge < -0.3 is 4.74 Å². The summed E-state index contributed by atoms with van der Waals surface area (Å²) in [6.07, 6.45) is 6.43. The maximum atomic E-state index is 5.42. The summed E-state index contributed by atoms with van der Waals surface area (Å²) < 4.78 is 5.42. The molecule has 0 aromatic heterocycles. The van der Waals surface area contributed by atoms with Crippen molar-refractivity contribution in [3.63, 3.8) is 0 Å². The summed E-state index contributed by atoms with van der Waals surface area (Å²) in [6.45, 7) is 14.1. The van der Waals surface area contributed by atoms with Crippen molar-refractivity contribution in [3.8, 4) is 0 Å². The van der Waals surface area contributed by atoms with E-state index in [4.69, 9.17) is 4.74 Å². The van der Waals surface area contributed by atoms with Crippen molar-refractivity contribution in [1.82, 2.24) is 0 Å². The molecule has 0 radical (unpaired) electrons. The van der Waals surface area contributed by atoms with E-state index in [1.165, 1.54) is 11.1 Å². The van der Waals surface area contributed by atoms with Crippen LogP contribution in [0, 0.1) is 11.8 Å². The summed E-state index contributed by atoms with van der Waals surface area (Å²) in [5.41, 5.74) is 2.58. The molecule has 1 unspecified atom stereocenters. The minimum absolute atomic E-state index is 0.749. The molecule has 94 valence electrons. The number of ether oxygens (including phenoxy) is 1.